The van der Waals surface area contributed by atoms with Crippen molar-refractivity contribution in [3.8, 4) is 0 Å². The van der Waals surface area contributed by atoms with Gasteiger partial charge in [0, 0.05) is 16.7 Å². The quantitative estimate of drug-likeness (QED) is 0.831. The van der Waals surface area contributed by atoms with Crippen molar-refractivity contribution in [2.24, 2.45) is 15.9 Å². The van der Waals surface area contributed by atoms with Crippen LogP contribution in [0.3, 0.4) is 0 Å². The topological polar surface area (TPSA) is 53.8 Å². The molecule has 0 aromatic heterocycles. The van der Waals surface area contributed by atoms with Crippen LogP contribution in [0, 0.1) is 5.92 Å². The molecule has 1 atom stereocenters. The van der Waals surface area contributed by atoms with E-state index in [0.717, 1.165) is 35.5 Å². The normalized spacial score (nSPS) is 19.4. The van der Waals surface area contributed by atoms with E-state index in [0.29, 0.717) is 10.9 Å². The Morgan fingerprint density at radius 3 is 2.32 bits per heavy atom. The van der Waals surface area contributed by atoms with Gasteiger partial charge >= 0.3 is 0 Å². The number of amides is 1. The SMILES string of the molecule is CC1=Nc2ccccc2N=C(NC(=O)C2CC2)[C@H]1c1ccc(Cl)cc1. The first kappa shape index (κ1) is 16.0. The van der Waals surface area contributed by atoms with E-state index in [-0.39, 0.29) is 17.7 Å². The number of nitrogens with one attached hydrogen (secondary N) is 1. The Labute approximate surface area is 151 Å². The number of hydrogen-bond donors (Lipinski definition) is 1. The zero-order chi connectivity index (χ0) is 17.4. The number of hydrogen-bond acceptors (Lipinski definition) is 3. The molecule has 2 aromatic carbocycles. The number of amidine groups is 1. The number of rotatable bonds is 2. The first-order chi connectivity index (χ1) is 12.1. The molecule has 0 bridgehead atoms. The Kier molecular flexibility index (Phi) is 4.14. The van der Waals surface area contributed by atoms with Crippen molar-refractivity contribution in [2.75, 3.05) is 0 Å². The fraction of sp³-hybridized carbons (Fsp3) is 0.250. The molecule has 1 aliphatic carbocycles. The van der Waals surface area contributed by atoms with Crippen LogP contribution in [-0.4, -0.2) is 17.5 Å². The third kappa shape index (κ3) is 3.35. The lowest BCUT2D eigenvalue weighted by atomic mass is 9.93. The van der Waals surface area contributed by atoms with E-state index >= 15 is 0 Å². The summed E-state index contributed by atoms with van der Waals surface area (Å²) in [5.41, 5.74) is 3.48. The average Bonchev–Trinajstić information content (AvgIpc) is 3.43. The minimum absolute atomic E-state index is 0.0462. The van der Waals surface area contributed by atoms with Gasteiger partial charge < -0.3 is 5.32 Å². The summed E-state index contributed by atoms with van der Waals surface area (Å²) in [5, 5.41) is 3.73. The summed E-state index contributed by atoms with van der Waals surface area (Å²) in [4.78, 5) is 21.9. The van der Waals surface area contributed by atoms with Gasteiger partial charge in [-0.3, -0.25) is 9.79 Å². The van der Waals surface area contributed by atoms with Crippen LogP contribution in [0.15, 0.2) is 58.5 Å². The molecular weight excluding hydrogens is 334 g/mol. The molecule has 2 aromatic rings. The summed E-state index contributed by atoms with van der Waals surface area (Å²) in [6.45, 7) is 1.97. The molecule has 0 unspecified atom stereocenters. The first-order valence-corrected chi connectivity index (χ1v) is 8.79. The summed E-state index contributed by atoms with van der Waals surface area (Å²) in [6, 6.07) is 15.3. The molecule has 1 amide bonds. The molecule has 0 radical (unpaired) electrons. The fourth-order valence-corrected chi connectivity index (χ4v) is 3.15. The van der Waals surface area contributed by atoms with Gasteiger partial charge in [-0.05, 0) is 49.6 Å². The number of aliphatic imine (C=N–C) groups is 2. The molecule has 4 nitrogen and oxygen atoms in total. The molecule has 1 aliphatic heterocycles. The maximum absolute atomic E-state index is 12.4. The lowest BCUT2D eigenvalue weighted by molar-refractivity contribution is -0.120. The Bertz CT molecular complexity index is 882. The Morgan fingerprint density at radius 2 is 1.68 bits per heavy atom. The summed E-state index contributed by atoms with van der Waals surface area (Å²) in [5.74, 6) is 0.590. The van der Waals surface area contributed by atoms with Crippen molar-refractivity contribution in [2.45, 2.75) is 25.7 Å². The lowest BCUT2D eigenvalue weighted by Gasteiger charge is -2.19. The van der Waals surface area contributed by atoms with E-state index in [2.05, 4.69) is 5.32 Å². The Hall–Kier alpha value is -2.46. The monoisotopic (exact) mass is 351 g/mol. The second-order valence-electron chi connectivity index (χ2n) is 6.49. The first-order valence-electron chi connectivity index (χ1n) is 8.41. The van der Waals surface area contributed by atoms with Crippen LogP contribution in [0.2, 0.25) is 5.02 Å². The number of halogens is 1. The van der Waals surface area contributed by atoms with Gasteiger partial charge in [-0.1, -0.05) is 35.9 Å². The number of nitrogens with zero attached hydrogens (tertiary/aromatic N) is 2. The number of benzene rings is 2. The highest BCUT2D eigenvalue weighted by Gasteiger charge is 2.33. The van der Waals surface area contributed by atoms with Gasteiger partial charge in [0.25, 0.3) is 0 Å². The highest BCUT2D eigenvalue weighted by Crippen LogP contribution is 2.35. The smallest absolute Gasteiger partial charge is 0.228 e. The van der Waals surface area contributed by atoms with E-state index in [4.69, 9.17) is 21.6 Å². The molecule has 1 saturated carbocycles. The molecule has 5 heteroatoms. The zero-order valence-corrected chi connectivity index (χ0v) is 14.6. The van der Waals surface area contributed by atoms with Crippen LogP contribution in [0.5, 0.6) is 0 Å². The van der Waals surface area contributed by atoms with Crippen LogP contribution in [-0.2, 0) is 4.79 Å². The molecule has 2 aliphatic rings. The summed E-state index contributed by atoms with van der Waals surface area (Å²) in [6.07, 6.45) is 1.91. The fourth-order valence-electron chi connectivity index (χ4n) is 3.03. The number of fused-ring (bicyclic) bond motifs is 1. The van der Waals surface area contributed by atoms with Crippen LogP contribution in [0.25, 0.3) is 0 Å². The molecule has 1 fully saturated rings. The number of carbonyl (C=O) groups excluding carboxylic acids is 1. The molecule has 1 N–H and O–H groups in total. The maximum atomic E-state index is 12.4. The number of carbonyl (C=O) groups is 1. The summed E-state index contributed by atoms with van der Waals surface area (Å²) in [7, 11) is 0. The van der Waals surface area contributed by atoms with Gasteiger partial charge in [0.05, 0.1) is 17.3 Å². The van der Waals surface area contributed by atoms with Crippen LogP contribution < -0.4 is 5.32 Å². The highest BCUT2D eigenvalue weighted by molar-refractivity contribution is 6.30. The van der Waals surface area contributed by atoms with Gasteiger partial charge in [-0.15, -0.1) is 0 Å². The molecule has 0 saturated heterocycles. The average molecular weight is 352 g/mol. The van der Waals surface area contributed by atoms with Crippen molar-refractivity contribution in [3.05, 3.63) is 59.1 Å². The van der Waals surface area contributed by atoms with Gasteiger partial charge in [0.15, 0.2) is 0 Å². The van der Waals surface area contributed by atoms with Gasteiger partial charge in [-0.25, -0.2) is 4.99 Å². The third-order valence-corrected chi connectivity index (χ3v) is 4.77. The lowest BCUT2D eigenvalue weighted by Crippen LogP contribution is -2.37. The van der Waals surface area contributed by atoms with Gasteiger partial charge in [-0.2, -0.15) is 0 Å². The molecule has 0 spiro atoms. The van der Waals surface area contributed by atoms with Gasteiger partial charge in [0.1, 0.15) is 5.84 Å². The summed E-state index contributed by atoms with van der Waals surface area (Å²) < 4.78 is 0. The van der Waals surface area contributed by atoms with Crippen LogP contribution >= 0.6 is 11.6 Å². The molecule has 4 rings (SSSR count). The predicted octanol–water partition coefficient (Wildman–Crippen LogP) is 4.79. The Balaban J connectivity index is 1.80. The third-order valence-electron chi connectivity index (χ3n) is 4.51. The highest BCUT2D eigenvalue weighted by atomic mass is 35.5. The van der Waals surface area contributed by atoms with Crippen molar-refractivity contribution < 1.29 is 4.79 Å². The second-order valence-corrected chi connectivity index (χ2v) is 6.92. The Morgan fingerprint density at radius 1 is 1.04 bits per heavy atom. The van der Waals surface area contributed by atoms with E-state index in [1.54, 1.807) is 0 Å². The van der Waals surface area contributed by atoms with Crippen LogP contribution in [0.1, 0.15) is 31.2 Å². The van der Waals surface area contributed by atoms with E-state index in [9.17, 15) is 4.79 Å². The maximum Gasteiger partial charge on any atom is 0.228 e. The number of para-hydroxylation sites is 2. The minimum atomic E-state index is -0.202. The van der Waals surface area contributed by atoms with Crippen molar-refractivity contribution in [1.29, 1.82) is 0 Å². The molecular formula is C20H18ClN3O. The minimum Gasteiger partial charge on any atom is -0.313 e. The van der Waals surface area contributed by atoms with E-state index < -0.39 is 0 Å². The largest absolute Gasteiger partial charge is 0.313 e. The standard InChI is InChI=1S/C20H18ClN3O/c1-12-18(13-8-10-15(21)11-9-13)19(24-20(25)14-6-7-14)23-17-5-3-2-4-16(17)22-12/h2-5,8-11,14,18H,6-7H2,1H3,(H,23,24,25)/t18-/m1/s1. The molecule has 1 heterocycles. The molecule has 126 valence electrons. The van der Waals surface area contributed by atoms with Crippen LogP contribution in [0.4, 0.5) is 11.4 Å². The van der Waals surface area contributed by atoms with E-state index in [1.165, 1.54) is 0 Å². The van der Waals surface area contributed by atoms with Crippen molar-refractivity contribution in [1.82, 2.24) is 5.32 Å². The molecule has 25 heavy (non-hydrogen) atoms. The predicted molar refractivity (Wildman–Crippen MR) is 101 cm³/mol. The second kappa shape index (κ2) is 6.45. The zero-order valence-electron chi connectivity index (χ0n) is 13.9. The van der Waals surface area contributed by atoms with E-state index in [1.807, 2.05) is 55.5 Å². The van der Waals surface area contributed by atoms with Crippen molar-refractivity contribution >= 4 is 40.4 Å². The van der Waals surface area contributed by atoms with Crippen molar-refractivity contribution in [3.63, 3.8) is 0 Å². The van der Waals surface area contributed by atoms with Gasteiger partial charge in [0.2, 0.25) is 5.91 Å². The summed E-state index contributed by atoms with van der Waals surface area (Å²) >= 11 is 6.03.